The van der Waals surface area contributed by atoms with E-state index in [2.05, 4.69) is 30.3 Å². The highest BCUT2D eigenvalue weighted by Gasteiger charge is 2.15. The third-order valence-corrected chi connectivity index (χ3v) is 3.43. The summed E-state index contributed by atoms with van der Waals surface area (Å²) in [5, 5.41) is 0. The van der Waals surface area contributed by atoms with Gasteiger partial charge < -0.3 is 9.47 Å². The molecule has 0 spiro atoms. The van der Waals surface area contributed by atoms with Gasteiger partial charge in [-0.3, -0.25) is 0 Å². The molecule has 22 heavy (non-hydrogen) atoms. The van der Waals surface area contributed by atoms with Crippen molar-refractivity contribution in [3.05, 3.63) is 96.1 Å². The Hall–Kier alpha value is -2.74. The summed E-state index contributed by atoms with van der Waals surface area (Å²) in [7, 11) is 1.63. The minimum atomic E-state index is -0.158. The Kier molecular flexibility index (Phi) is 4.40. The van der Waals surface area contributed by atoms with Crippen LogP contribution in [0.1, 0.15) is 17.2 Å². The molecule has 3 aromatic carbocycles. The fraction of sp³-hybridized carbons (Fsp3) is 0.100. The van der Waals surface area contributed by atoms with Crippen LogP contribution in [0, 0.1) is 6.07 Å². The second-order valence-electron chi connectivity index (χ2n) is 4.91. The molecule has 3 aromatic rings. The number of methoxy groups -OCH3 is 1. The number of ether oxygens (including phenoxy) is 2. The maximum absolute atomic E-state index is 6.23. The van der Waals surface area contributed by atoms with Gasteiger partial charge in [-0.05, 0) is 23.3 Å². The summed E-state index contributed by atoms with van der Waals surface area (Å²) in [6.45, 7) is 0. The molecule has 0 amide bonds. The molecule has 0 bridgehead atoms. The first kappa shape index (κ1) is 14.2. The number of rotatable bonds is 5. The van der Waals surface area contributed by atoms with E-state index in [9.17, 15) is 0 Å². The van der Waals surface area contributed by atoms with Crippen LogP contribution in [0.5, 0.6) is 11.5 Å². The molecule has 2 nitrogen and oxygen atoms in total. The second-order valence-corrected chi connectivity index (χ2v) is 4.91. The van der Waals surface area contributed by atoms with Crippen molar-refractivity contribution >= 4 is 0 Å². The minimum Gasteiger partial charge on any atom is -0.496 e. The Morgan fingerprint density at radius 1 is 0.818 bits per heavy atom. The van der Waals surface area contributed by atoms with Gasteiger partial charge in [0, 0.05) is 12.1 Å². The third kappa shape index (κ3) is 3.29. The van der Waals surface area contributed by atoms with Crippen molar-refractivity contribution in [2.75, 3.05) is 7.11 Å². The molecule has 0 aliphatic carbocycles. The van der Waals surface area contributed by atoms with E-state index in [-0.39, 0.29) is 6.10 Å². The van der Waals surface area contributed by atoms with Crippen molar-refractivity contribution < 1.29 is 9.47 Å². The molecule has 2 heteroatoms. The summed E-state index contributed by atoms with van der Waals surface area (Å²) in [5.41, 5.74) is 2.22. The van der Waals surface area contributed by atoms with E-state index in [1.54, 1.807) is 13.2 Å². The smallest absolute Gasteiger partial charge is 0.149 e. The van der Waals surface area contributed by atoms with E-state index in [1.165, 1.54) is 0 Å². The van der Waals surface area contributed by atoms with Gasteiger partial charge in [0.1, 0.15) is 17.6 Å². The lowest BCUT2D eigenvalue weighted by atomic mass is 10.0. The van der Waals surface area contributed by atoms with Gasteiger partial charge in [-0.1, -0.05) is 60.7 Å². The van der Waals surface area contributed by atoms with E-state index in [4.69, 9.17) is 9.47 Å². The van der Waals surface area contributed by atoms with Gasteiger partial charge in [0.15, 0.2) is 0 Å². The fourth-order valence-electron chi connectivity index (χ4n) is 2.34. The van der Waals surface area contributed by atoms with E-state index >= 15 is 0 Å². The van der Waals surface area contributed by atoms with Gasteiger partial charge in [-0.25, -0.2) is 0 Å². The fourth-order valence-corrected chi connectivity index (χ4v) is 2.34. The van der Waals surface area contributed by atoms with Crippen LogP contribution in [0.15, 0.2) is 78.9 Å². The topological polar surface area (TPSA) is 18.5 Å². The molecule has 1 radical (unpaired) electrons. The Morgan fingerprint density at radius 3 is 1.95 bits per heavy atom. The summed E-state index contributed by atoms with van der Waals surface area (Å²) in [6, 6.07) is 28.9. The molecule has 109 valence electrons. The summed E-state index contributed by atoms with van der Waals surface area (Å²) in [5.74, 6) is 1.42. The van der Waals surface area contributed by atoms with Crippen molar-refractivity contribution in [3.8, 4) is 11.5 Å². The molecule has 0 saturated heterocycles. The average Bonchev–Trinajstić information content (AvgIpc) is 2.61. The van der Waals surface area contributed by atoms with Crippen molar-refractivity contribution in [1.29, 1.82) is 0 Å². The maximum atomic E-state index is 6.23. The highest BCUT2D eigenvalue weighted by atomic mass is 16.5. The van der Waals surface area contributed by atoms with Crippen molar-refractivity contribution in [1.82, 2.24) is 0 Å². The lowest BCUT2D eigenvalue weighted by Crippen LogP contribution is -2.09. The number of hydrogen-bond acceptors (Lipinski definition) is 2. The first-order valence-electron chi connectivity index (χ1n) is 7.19. The standard InChI is InChI=1S/C20H17O2/c1-21-18-13-8-14-19(15-18)22-20(16-9-4-2-5-10-16)17-11-6-3-7-12-17/h2-12,14-15,20H,1H3. The highest BCUT2D eigenvalue weighted by molar-refractivity contribution is 5.36. The molecule has 0 unspecified atom stereocenters. The van der Waals surface area contributed by atoms with Crippen LogP contribution in [0.4, 0.5) is 0 Å². The summed E-state index contributed by atoms with van der Waals surface area (Å²) >= 11 is 0. The van der Waals surface area contributed by atoms with Crippen LogP contribution in [-0.4, -0.2) is 7.11 Å². The number of benzene rings is 3. The molecular weight excluding hydrogens is 272 g/mol. The molecule has 0 aliphatic heterocycles. The quantitative estimate of drug-likeness (QED) is 0.680. The van der Waals surface area contributed by atoms with Crippen LogP contribution in [0.2, 0.25) is 0 Å². The minimum absolute atomic E-state index is 0.158. The van der Waals surface area contributed by atoms with Crippen LogP contribution in [0.3, 0.4) is 0 Å². The molecule has 0 saturated carbocycles. The van der Waals surface area contributed by atoms with Gasteiger partial charge in [-0.2, -0.15) is 0 Å². The SMILES string of the molecule is COc1[c]ccc(OC(c2ccccc2)c2ccccc2)c1. The Labute approximate surface area is 131 Å². The average molecular weight is 289 g/mol. The Morgan fingerprint density at radius 2 is 1.41 bits per heavy atom. The molecule has 0 aliphatic rings. The molecule has 0 heterocycles. The third-order valence-electron chi connectivity index (χ3n) is 3.43. The highest BCUT2D eigenvalue weighted by Crippen LogP contribution is 2.29. The van der Waals surface area contributed by atoms with Crippen LogP contribution < -0.4 is 9.47 Å². The number of hydrogen-bond donors (Lipinski definition) is 0. The first-order chi connectivity index (χ1) is 10.9. The van der Waals surface area contributed by atoms with E-state index in [0.29, 0.717) is 5.75 Å². The Bertz CT molecular complexity index is 669. The monoisotopic (exact) mass is 289 g/mol. The van der Waals surface area contributed by atoms with Crippen molar-refractivity contribution in [2.24, 2.45) is 0 Å². The predicted octanol–water partition coefficient (Wildman–Crippen LogP) is 4.66. The molecule has 0 fully saturated rings. The van der Waals surface area contributed by atoms with Gasteiger partial charge in [0.25, 0.3) is 0 Å². The van der Waals surface area contributed by atoms with Crippen molar-refractivity contribution in [2.45, 2.75) is 6.10 Å². The molecular formula is C20H17O2. The molecule has 0 N–H and O–H groups in total. The van der Waals surface area contributed by atoms with Crippen LogP contribution in [-0.2, 0) is 0 Å². The lowest BCUT2D eigenvalue weighted by Gasteiger charge is -2.20. The van der Waals surface area contributed by atoms with E-state index in [1.807, 2.05) is 48.5 Å². The summed E-state index contributed by atoms with van der Waals surface area (Å²) in [4.78, 5) is 0. The van der Waals surface area contributed by atoms with E-state index in [0.717, 1.165) is 16.9 Å². The zero-order valence-corrected chi connectivity index (χ0v) is 12.4. The zero-order valence-electron chi connectivity index (χ0n) is 12.4. The van der Waals surface area contributed by atoms with Gasteiger partial charge >= 0.3 is 0 Å². The van der Waals surface area contributed by atoms with E-state index < -0.39 is 0 Å². The molecule has 3 rings (SSSR count). The first-order valence-corrected chi connectivity index (χ1v) is 7.19. The normalized spacial score (nSPS) is 10.5. The van der Waals surface area contributed by atoms with Crippen LogP contribution in [0.25, 0.3) is 0 Å². The summed E-state index contributed by atoms with van der Waals surface area (Å²) in [6.07, 6.45) is -0.158. The van der Waals surface area contributed by atoms with Gasteiger partial charge in [0.05, 0.1) is 7.11 Å². The predicted molar refractivity (Wildman–Crippen MR) is 87.2 cm³/mol. The molecule has 0 atom stereocenters. The van der Waals surface area contributed by atoms with Gasteiger partial charge in [-0.15, -0.1) is 0 Å². The largest absolute Gasteiger partial charge is 0.496 e. The van der Waals surface area contributed by atoms with Crippen LogP contribution >= 0.6 is 0 Å². The zero-order chi connectivity index (χ0) is 15.2. The maximum Gasteiger partial charge on any atom is 0.149 e. The lowest BCUT2D eigenvalue weighted by molar-refractivity contribution is 0.246. The second kappa shape index (κ2) is 6.81. The van der Waals surface area contributed by atoms with Gasteiger partial charge in [0.2, 0.25) is 0 Å². The molecule has 0 aromatic heterocycles. The van der Waals surface area contributed by atoms with Crippen molar-refractivity contribution in [3.63, 3.8) is 0 Å². The summed E-state index contributed by atoms with van der Waals surface area (Å²) < 4.78 is 11.4. The Balaban J connectivity index is 1.95.